The van der Waals surface area contributed by atoms with Crippen molar-refractivity contribution in [3.05, 3.63) is 41.5 Å². The van der Waals surface area contributed by atoms with Gasteiger partial charge >= 0.3 is 0 Å². The van der Waals surface area contributed by atoms with Gasteiger partial charge in [0.25, 0.3) is 0 Å². The number of hydrogen-bond donors (Lipinski definition) is 0. The van der Waals surface area contributed by atoms with Crippen molar-refractivity contribution in [2.75, 3.05) is 0 Å². The van der Waals surface area contributed by atoms with Gasteiger partial charge in [0.2, 0.25) is 0 Å². The van der Waals surface area contributed by atoms with E-state index in [0.29, 0.717) is 0 Å². The summed E-state index contributed by atoms with van der Waals surface area (Å²) in [4.78, 5) is 0. The smallest absolute Gasteiger partial charge is 0.0225 e. The second-order valence-electron chi connectivity index (χ2n) is 4.20. The number of allylic oxidation sites excluding steroid dienone is 2. The molecule has 1 aliphatic carbocycles. The van der Waals surface area contributed by atoms with Crippen LogP contribution in [-0.4, -0.2) is 0 Å². The molecule has 0 bridgehead atoms. The summed E-state index contributed by atoms with van der Waals surface area (Å²) in [6, 6.07) is 8.87. The Hall–Kier alpha value is -1.04. The van der Waals surface area contributed by atoms with E-state index < -0.39 is 0 Å². The predicted molar refractivity (Wildman–Crippen MR) is 62.2 cm³/mol. The summed E-state index contributed by atoms with van der Waals surface area (Å²) in [6.45, 7) is 2.17. The van der Waals surface area contributed by atoms with Gasteiger partial charge < -0.3 is 0 Å². The Morgan fingerprint density at radius 3 is 2.86 bits per heavy atom. The molecule has 0 atom stereocenters. The van der Waals surface area contributed by atoms with Gasteiger partial charge in [0.15, 0.2) is 0 Å². The highest BCUT2D eigenvalue weighted by Crippen LogP contribution is 2.26. The molecule has 74 valence electrons. The van der Waals surface area contributed by atoms with Crippen LogP contribution in [0.1, 0.15) is 43.2 Å². The second-order valence-corrected chi connectivity index (χ2v) is 4.20. The van der Waals surface area contributed by atoms with Gasteiger partial charge in [0, 0.05) is 0 Å². The normalized spacial score (nSPS) is 17.4. The van der Waals surface area contributed by atoms with E-state index in [1.165, 1.54) is 43.2 Å². The van der Waals surface area contributed by atoms with Gasteiger partial charge in [-0.2, -0.15) is 0 Å². The predicted octanol–water partition coefficient (Wildman–Crippen LogP) is 4.34. The van der Waals surface area contributed by atoms with Crippen LogP contribution in [0, 0.1) is 6.92 Å². The molecule has 0 aromatic heterocycles. The third-order valence-corrected chi connectivity index (χ3v) is 2.93. The summed E-state index contributed by atoms with van der Waals surface area (Å²) in [6.07, 6.45) is 9.09. The van der Waals surface area contributed by atoms with E-state index in [9.17, 15) is 0 Å². The molecule has 0 unspecified atom stereocenters. The van der Waals surface area contributed by atoms with E-state index in [2.05, 4.69) is 37.3 Å². The fourth-order valence-corrected chi connectivity index (χ4v) is 2.12. The molecule has 14 heavy (non-hydrogen) atoms. The van der Waals surface area contributed by atoms with Crippen molar-refractivity contribution in [2.45, 2.75) is 39.0 Å². The zero-order chi connectivity index (χ0) is 9.80. The lowest BCUT2D eigenvalue weighted by atomic mass is 10.00. The second kappa shape index (κ2) is 4.45. The Balaban J connectivity index is 2.24. The molecule has 0 saturated heterocycles. The first kappa shape index (κ1) is 9.51. The summed E-state index contributed by atoms with van der Waals surface area (Å²) >= 11 is 0. The summed E-state index contributed by atoms with van der Waals surface area (Å²) in [5, 5.41) is 0. The van der Waals surface area contributed by atoms with E-state index in [-0.39, 0.29) is 0 Å². The van der Waals surface area contributed by atoms with Crippen molar-refractivity contribution in [3.63, 3.8) is 0 Å². The van der Waals surface area contributed by atoms with Gasteiger partial charge in [-0.3, -0.25) is 0 Å². The van der Waals surface area contributed by atoms with Crippen molar-refractivity contribution in [3.8, 4) is 0 Å². The highest BCUT2D eigenvalue weighted by molar-refractivity contribution is 5.66. The number of aryl methyl sites for hydroxylation is 1. The molecule has 0 N–H and O–H groups in total. The monoisotopic (exact) mass is 186 g/mol. The molecule has 2 rings (SSSR count). The SMILES string of the molecule is Cc1cccc(C2=CCCCCC2)c1. The topological polar surface area (TPSA) is 0 Å². The Morgan fingerprint density at radius 1 is 1.07 bits per heavy atom. The van der Waals surface area contributed by atoms with Crippen molar-refractivity contribution in [1.29, 1.82) is 0 Å². The van der Waals surface area contributed by atoms with Crippen molar-refractivity contribution >= 4 is 5.57 Å². The van der Waals surface area contributed by atoms with E-state index in [4.69, 9.17) is 0 Å². The minimum absolute atomic E-state index is 1.27. The van der Waals surface area contributed by atoms with Crippen molar-refractivity contribution < 1.29 is 0 Å². The summed E-state index contributed by atoms with van der Waals surface area (Å²) in [5.41, 5.74) is 4.37. The lowest BCUT2D eigenvalue weighted by Crippen LogP contribution is -1.84. The highest BCUT2D eigenvalue weighted by atomic mass is 14.1. The highest BCUT2D eigenvalue weighted by Gasteiger charge is 2.04. The average Bonchev–Trinajstić information content (AvgIpc) is 2.45. The zero-order valence-electron chi connectivity index (χ0n) is 8.92. The van der Waals surface area contributed by atoms with Crippen LogP contribution in [0.25, 0.3) is 5.57 Å². The number of benzene rings is 1. The molecule has 0 radical (unpaired) electrons. The molecular weight excluding hydrogens is 168 g/mol. The number of hydrogen-bond acceptors (Lipinski definition) is 0. The zero-order valence-corrected chi connectivity index (χ0v) is 8.92. The molecule has 0 nitrogen and oxygen atoms in total. The van der Waals surface area contributed by atoms with Crippen molar-refractivity contribution in [1.82, 2.24) is 0 Å². The van der Waals surface area contributed by atoms with E-state index >= 15 is 0 Å². The Labute approximate surface area is 86.7 Å². The third kappa shape index (κ3) is 2.25. The molecule has 0 saturated carbocycles. The summed E-state index contributed by atoms with van der Waals surface area (Å²) < 4.78 is 0. The molecule has 1 aromatic rings. The molecule has 0 fully saturated rings. The minimum Gasteiger partial charge on any atom is -0.0807 e. The molecule has 1 aliphatic rings. The quantitative estimate of drug-likeness (QED) is 0.612. The van der Waals surface area contributed by atoms with Crippen LogP contribution in [0.5, 0.6) is 0 Å². The standard InChI is InChI=1S/C14H18/c1-12-7-6-10-14(11-12)13-8-4-2-3-5-9-13/h6-8,10-11H,2-5,9H2,1H3. The number of rotatable bonds is 1. The van der Waals surface area contributed by atoms with Gasteiger partial charge in [0.1, 0.15) is 0 Å². The van der Waals surface area contributed by atoms with Crippen LogP contribution in [0.15, 0.2) is 30.3 Å². The van der Waals surface area contributed by atoms with Crippen LogP contribution >= 0.6 is 0 Å². The molecule has 0 heteroatoms. The van der Waals surface area contributed by atoms with Gasteiger partial charge in [-0.1, -0.05) is 42.3 Å². The van der Waals surface area contributed by atoms with Gasteiger partial charge in [0.05, 0.1) is 0 Å². The van der Waals surface area contributed by atoms with Crippen LogP contribution in [0.2, 0.25) is 0 Å². The first-order valence-corrected chi connectivity index (χ1v) is 5.62. The largest absolute Gasteiger partial charge is 0.0807 e. The lowest BCUT2D eigenvalue weighted by Gasteiger charge is -2.06. The van der Waals surface area contributed by atoms with Gasteiger partial charge in [-0.25, -0.2) is 0 Å². The summed E-state index contributed by atoms with van der Waals surface area (Å²) in [5.74, 6) is 0. The van der Waals surface area contributed by atoms with Gasteiger partial charge in [-0.05, 0) is 43.7 Å². The fourth-order valence-electron chi connectivity index (χ4n) is 2.12. The molecular formula is C14H18. The molecule has 0 amide bonds. The lowest BCUT2D eigenvalue weighted by molar-refractivity contribution is 0.720. The third-order valence-electron chi connectivity index (χ3n) is 2.93. The van der Waals surface area contributed by atoms with E-state index in [1.807, 2.05) is 0 Å². The Kier molecular flexibility index (Phi) is 3.03. The first-order chi connectivity index (χ1) is 6.86. The van der Waals surface area contributed by atoms with Crippen molar-refractivity contribution in [2.24, 2.45) is 0 Å². The summed E-state index contributed by atoms with van der Waals surface area (Å²) in [7, 11) is 0. The van der Waals surface area contributed by atoms with Crippen LogP contribution in [0.3, 0.4) is 0 Å². The Morgan fingerprint density at radius 2 is 2.00 bits per heavy atom. The fraction of sp³-hybridized carbons (Fsp3) is 0.429. The van der Waals surface area contributed by atoms with Gasteiger partial charge in [-0.15, -0.1) is 0 Å². The van der Waals surface area contributed by atoms with E-state index in [1.54, 1.807) is 5.57 Å². The maximum atomic E-state index is 2.43. The van der Waals surface area contributed by atoms with Crippen LogP contribution in [-0.2, 0) is 0 Å². The maximum absolute atomic E-state index is 2.43. The maximum Gasteiger partial charge on any atom is -0.0225 e. The molecule has 0 aliphatic heterocycles. The Bertz CT molecular complexity index is 334. The van der Waals surface area contributed by atoms with Crippen LogP contribution in [0.4, 0.5) is 0 Å². The average molecular weight is 186 g/mol. The molecule has 1 aromatic carbocycles. The van der Waals surface area contributed by atoms with Crippen LogP contribution < -0.4 is 0 Å². The molecule has 0 spiro atoms. The minimum atomic E-state index is 1.27. The first-order valence-electron chi connectivity index (χ1n) is 5.62. The van der Waals surface area contributed by atoms with E-state index in [0.717, 1.165) is 0 Å². The molecule has 0 heterocycles.